The minimum Gasteiger partial charge on any atom is -0.469 e. The molecule has 5 nitrogen and oxygen atoms in total. The first-order valence-corrected chi connectivity index (χ1v) is 4.00. The first-order chi connectivity index (χ1) is 6.15. The van der Waals surface area contributed by atoms with Crippen LogP contribution in [0.15, 0.2) is 0 Å². The Morgan fingerprint density at radius 2 is 1.92 bits per heavy atom. The van der Waals surface area contributed by atoms with Crippen molar-refractivity contribution in [2.45, 2.75) is 12.8 Å². The standard InChI is InChI=1S/C8H15NO4/c1-12-7(10)5-6(3-4-9)8(11)13-2/h6H,3-5,9H2,1-2H3. The predicted molar refractivity (Wildman–Crippen MR) is 45.8 cm³/mol. The Balaban J connectivity index is 4.08. The van der Waals surface area contributed by atoms with E-state index >= 15 is 0 Å². The van der Waals surface area contributed by atoms with Crippen molar-refractivity contribution >= 4 is 11.9 Å². The first kappa shape index (κ1) is 11.9. The van der Waals surface area contributed by atoms with Gasteiger partial charge in [0.05, 0.1) is 26.6 Å². The molecule has 0 amide bonds. The number of methoxy groups -OCH3 is 2. The number of nitrogens with two attached hydrogens (primary N) is 1. The third-order valence-electron chi connectivity index (χ3n) is 1.69. The van der Waals surface area contributed by atoms with Gasteiger partial charge < -0.3 is 15.2 Å². The van der Waals surface area contributed by atoms with Gasteiger partial charge in [-0.05, 0) is 13.0 Å². The van der Waals surface area contributed by atoms with E-state index in [1.165, 1.54) is 14.2 Å². The SMILES string of the molecule is COC(=O)CC(CCN)C(=O)OC. The van der Waals surface area contributed by atoms with Gasteiger partial charge in [0.15, 0.2) is 0 Å². The van der Waals surface area contributed by atoms with Gasteiger partial charge in [-0.15, -0.1) is 0 Å². The molecule has 1 unspecified atom stereocenters. The molecule has 0 aromatic heterocycles. The second-order valence-electron chi connectivity index (χ2n) is 2.58. The maximum Gasteiger partial charge on any atom is 0.309 e. The van der Waals surface area contributed by atoms with Crippen LogP contribution in [0.1, 0.15) is 12.8 Å². The Morgan fingerprint density at radius 1 is 1.31 bits per heavy atom. The van der Waals surface area contributed by atoms with E-state index in [4.69, 9.17) is 5.73 Å². The first-order valence-electron chi connectivity index (χ1n) is 4.00. The fraction of sp³-hybridized carbons (Fsp3) is 0.750. The van der Waals surface area contributed by atoms with E-state index in [9.17, 15) is 9.59 Å². The van der Waals surface area contributed by atoms with Crippen LogP contribution in [-0.4, -0.2) is 32.7 Å². The van der Waals surface area contributed by atoms with Gasteiger partial charge in [-0.2, -0.15) is 0 Å². The highest BCUT2D eigenvalue weighted by Crippen LogP contribution is 2.10. The molecule has 0 aliphatic carbocycles. The summed E-state index contributed by atoms with van der Waals surface area (Å²) in [4.78, 5) is 21.9. The van der Waals surface area contributed by atoms with Gasteiger partial charge in [-0.3, -0.25) is 9.59 Å². The molecule has 0 fully saturated rings. The molecule has 0 aliphatic heterocycles. The molecular formula is C8H15NO4. The topological polar surface area (TPSA) is 78.6 Å². The van der Waals surface area contributed by atoms with Crippen molar-refractivity contribution in [3.63, 3.8) is 0 Å². The molecule has 0 rings (SSSR count). The van der Waals surface area contributed by atoms with Crippen LogP contribution in [0.25, 0.3) is 0 Å². The lowest BCUT2D eigenvalue weighted by Gasteiger charge is -2.11. The van der Waals surface area contributed by atoms with E-state index in [1.807, 2.05) is 0 Å². The maximum absolute atomic E-state index is 11.1. The van der Waals surface area contributed by atoms with E-state index in [0.717, 1.165) is 0 Å². The average molecular weight is 189 g/mol. The smallest absolute Gasteiger partial charge is 0.309 e. The van der Waals surface area contributed by atoms with Crippen LogP contribution in [0.4, 0.5) is 0 Å². The third kappa shape index (κ3) is 4.47. The normalized spacial score (nSPS) is 11.9. The van der Waals surface area contributed by atoms with E-state index < -0.39 is 17.9 Å². The average Bonchev–Trinajstić information content (AvgIpc) is 2.15. The summed E-state index contributed by atoms with van der Waals surface area (Å²) in [5.41, 5.74) is 5.28. The molecule has 0 aromatic rings. The van der Waals surface area contributed by atoms with Crippen LogP contribution >= 0.6 is 0 Å². The second kappa shape index (κ2) is 6.42. The summed E-state index contributed by atoms with van der Waals surface area (Å²) in [6.07, 6.45) is 0.460. The van der Waals surface area contributed by atoms with Crippen molar-refractivity contribution in [3.8, 4) is 0 Å². The van der Waals surface area contributed by atoms with Crippen LogP contribution in [0.2, 0.25) is 0 Å². The minimum absolute atomic E-state index is 0.0281. The molecule has 2 N–H and O–H groups in total. The Bertz CT molecular complexity index is 181. The summed E-state index contributed by atoms with van der Waals surface area (Å²) < 4.78 is 8.94. The lowest BCUT2D eigenvalue weighted by Crippen LogP contribution is -2.23. The molecule has 0 bridgehead atoms. The summed E-state index contributed by atoms with van der Waals surface area (Å²) in [5.74, 6) is -1.33. The van der Waals surface area contributed by atoms with Crippen LogP contribution in [0, 0.1) is 5.92 Å². The molecule has 0 aromatic carbocycles. The minimum atomic E-state index is -0.484. The van der Waals surface area contributed by atoms with Crippen LogP contribution in [0.3, 0.4) is 0 Å². The molecule has 5 heteroatoms. The number of rotatable bonds is 5. The molecular weight excluding hydrogens is 174 g/mol. The van der Waals surface area contributed by atoms with E-state index in [-0.39, 0.29) is 6.42 Å². The molecule has 0 saturated heterocycles. The highest BCUT2D eigenvalue weighted by atomic mass is 16.5. The van der Waals surface area contributed by atoms with Gasteiger partial charge in [0.2, 0.25) is 0 Å². The number of esters is 2. The zero-order valence-electron chi connectivity index (χ0n) is 7.91. The predicted octanol–water partition coefficient (Wildman–Crippen LogP) is -0.312. The summed E-state index contributed by atoms with van der Waals surface area (Å²) >= 11 is 0. The lowest BCUT2D eigenvalue weighted by molar-refractivity contribution is -0.152. The maximum atomic E-state index is 11.1. The number of hydrogen-bond donors (Lipinski definition) is 1. The van der Waals surface area contributed by atoms with Crippen molar-refractivity contribution in [3.05, 3.63) is 0 Å². The zero-order valence-corrected chi connectivity index (χ0v) is 7.91. The van der Waals surface area contributed by atoms with Crippen LogP contribution < -0.4 is 5.73 Å². The summed E-state index contributed by atoms with van der Waals surface area (Å²) in [7, 11) is 2.56. The molecule has 0 heterocycles. The molecule has 0 saturated carbocycles. The van der Waals surface area contributed by atoms with Gasteiger partial charge in [-0.25, -0.2) is 0 Å². The number of carbonyl (C=O) groups is 2. The van der Waals surface area contributed by atoms with E-state index in [0.29, 0.717) is 13.0 Å². The van der Waals surface area contributed by atoms with Crippen molar-refractivity contribution < 1.29 is 19.1 Å². The highest BCUT2D eigenvalue weighted by molar-refractivity contribution is 5.79. The Labute approximate surface area is 77.2 Å². The number of hydrogen-bond acceptors (Lipinski definition) is 5. The summed E-state index contributed by atoms with van der Waals surface area (Å²) in [6, 6.07) is 0. The Morgan fingerprint density at radius 3 is 2.31 bits per heavy atom. The fourth-order valence-electron chi connectivity index (χ4n) is 0.956. The number of ether oxygens (including phenoxy) is 2. The fourth-order valence-corrected chi connectivity index (χ4v) is 0.956. The second-order valence-corrected chi connectivity index (χ2v) is 2.58. The Hall–Kier alpha value is -1.10. The van der Waals surface area contributed by atoms with Gasteiger partial charge in [0, 0.05) is 0 Å². The third-order valence-corrected chi connectivity index (χ3v) is 1.69. The summed E-state index contributed by atoms with van der Waals surface area (Å²) in [5, 5.41) is 0. The molecule has 13 heavy (non-hydrogen) atoms. The van der Waals surface area contributed by atoms with Crippen molar-refractivity contribution in [2.75, 3.05) is 20.8 Å². The number of carbonyl (C=O) groups excluding carboxylic acids is 2. The molecule has 1 atom stereocenters. The highest BCUT2D eigenvalue weighted by Gasteiger charge is 2.21. The largest absolute Gasteiger partial charge is 0.469 e. The summed E-state index contributed by atoms with van der Waals surface area (Å²) in [6.45, 7) is 0.344. The Kier molecular flexibility index (Phi) is 5.88. The lowest BCUT2D eigenvalue weighted by atomic mass is 10.0. The van der Waals surface area contributed by atoms with Gasteiger partial charge in [0.1, 0.15) is 0 Å². The van der Waals surface area contributed by atoms with E-state index in [1.54, 1.807) is 0 Å². The monoisotopic (exact) mass is 189 g/mol. The van der Waals surface area contributed by atoms with Crippen molar-refractivity contribution in [2.24, 2.45) is 11.7 Å². The van der Waals surface area contributed by atoms with Crippen molar-refractivity contribution in [1.29, 1.82) is 0 Å². The van der Waals surface area contributed by atoms with E-state index in [2.05, 4.69) is 9.47 Å². The van der Waals surface area contributed by atoms with Crippen molar-refractivity contribution in [1.82, 2.24) is 0 Å². The zero-order chi connectivity index (χ0) is 10.3. The van der Waals surface area contributed by atoms with Gasteiger partial charge >= 0.3 is 11.9 Å². The molecule has 76 valence electrons. The molecule has 0 aliphatic rings. The molecule has 0 radical (unpaired) electrons. The van der Waals surface area contributed by atoms with Gasteiger partial charge in [-0.1, -0.05) is 0 Å². The van der Waals surface area contributed by atoms with Crippen LogP contribution in [-0.2, 0) is 19.1 Å². The van der Waals surface area contributed by atoms with Gasteiger partial charge in [0.25, 0.3) is 0 Å². The quantitative estimate of drug-likeness (QED) is 0.600. The van der Waals surface area contributed by atoms with Crippen LogP contribution in [0.5, 0.6) is 0 Å². The molecule has 0 spiro atoms.